The van der Waals surface area contributed by atoms with Crippen molar-refractivity contribution in [3.05, 3.63) is 0 Å². The molecule has 1 aliphatic carbocycles. The van der Waals surface area contributed by atoms with Crippen molar-refractivity contribution in [2.45, 2.75) is 58.0 Å². The lowest BCUT2D eigenvalue weighted by atomic mass is 9.87. The van der Waals surface area contributed by atoms with Gasteiger partial charge < -0.3 is 10.0 Å². The highest BCUT2D eigenvalue weighted by atomic mass is 16.3. The number of aliphatic hydroxyl groups excluding tert-OH is 1. The second kappa shape index (κ2) is 6.02. The zero-order valence-electron chi connectivity index (χ0n) is 10.7. The molecule has 0 amide bonds. The molecule has 0 aromatic heterocycles. The van der Waals surface area contributed by atoms with Gasteiger partial charge in [0, 0.05) is 6.54 Å². The summed E-state index contributed by atoms with van der Waals surface area (Å²) < 4.78 is 0. The van der Waals surface area contributed by atoms with Gasteiger partial charge >= 0.3 is 0 Å². The average Bonchev–Trinajstić information content (AvgIpc) is 2.31. The fourth-order valence-electron chi connectivity index (χ4n) is 3.35. The van der Waals surface area contributed by atoms with Gasteiger partial charge in [-0.15, -0.1) is 0 Å². The van der Waals surface area contributed by atoms with Crippen LogP contribution in [0.25, 0.3) is 0 Å². The molecule has 94 valence electrons. The lowest BCUT2D eigenvalue weighted by Gasteiger charge is -2.36. The van der Waals surface area contributed by atoms with E-state index >= 15 is 0 Å². The first-order valence-corrected chi connectivity index (χ1v) is 7.16. The third kappa shape index (κ3) is 3.46. The van der Waals surface area contributed by atoms with E-state index in [0.717, 1.165) is 5.92 Å². The van der Waals surface area contributed by atoms with E-state index in [2.05, 4.69) is 4.90 Å². The highest BCUT2D eigenvalue weighted by Gasteiger charge is 2.24. The van der Waals surface area contributed by atoms with Gasteiger partial charge in [0.25, 0.3) is 0 Å². The monoisotopic (exact) mass is 225 g/mol. The molecule has 16 heavy (non-hydrogen) atoms. The number of rotatable bonds is 3. The SMILES string of the molecule is CC(O)C1CCN(CC2CCCCC2)CC1. The quantitative estimate of drug-likeness (QED) is 0.798. The molecule has 1 unspecified atom stereocenters. The minimum Gasteiger partial charge on any atom is -0.393 e. The van der Waals surface area contributed by atoms with Gasteiger partial charge in [0.15, 0.2) is 0 Å². The molecule has 2 heteroatoms. The molecule has 0 aromatic rings. The van der Waals surface area contributed by atoms with Gasteiger partial charge in [-0.2, -0.15) is 0 Å². The molecule has 1 heterocycles. The van der Waals surface area contributed by atoms with Crippen LogP contribution in [0.2, 0.25) is 0 Å². The Morgan fingerprint density at radius 3 is 2.25 bits per heavy atom. The van der Waals surface area contributed by atoms with Crippen LogP contribution >= 0.6 is 0 Å². The molecular formula is C14H27NO. The fraction of sp³-hybridized carbons (Fsp3) is 1.00. The van der Waals surface area contributed by atoms with Gasteiger partial charge in [-0.25, -0.2) is 0 Å². The number of hydrogen-bond donors (Lipinski definition) is 1. The molecule has 0 aromatic carbocycles. The molecule has 2 fully saturated rings. The Morgan fingerprint density at radius 2 is 1.69 bits per heavy atom. The van der Waals surface area contributed by atoms with E-state index in [9.17, 15) is 5.11 Å². The van der Waals surface area contributed by atoms with Gasteiger partial charge in [-0.1, -0.05) is 19.3 Å². The van der Waals surface area contributed by atoms with Crippen LogP contribution in [0.1, 0.15) is 51.9 Å². The summed E-state index contributed by atoms with van der Waals surface area (Å²) in [6.45, 7) is 5.70. The highest BCUT2D eigenvalue weighted by Crippen LogP contribution is 2.27. The first-order chi connectivity index (χ1) is 7.75. The molecular weight excluding hydrogens is 198 g/mol. The predicted molar refractivity (Wildman–Crippen MR) is 67.4 cm³/mol. The molecule has 1 atom stereocenters. The summed E-state index contributed by atoms with van der Waals surface area (Å²) in [6, 6.07) is 0. The van der Waals surface area contributed by atoms with Crippen molar-refractivity contribution < 1.29 is 5.11 Å². The van der Waals surface area contributed by atoms with E-state index < -0.39 is 0 Å². The Labute approximate surface area is 100 Å². The van der Waals surface area contributed by atoms with E-state index in [0.29, 0.717) is 5.92 Å². The lowest BCUT2D eigenvalue weighted by molar-refractivity contribution is 0.0638. The number of likely N-dealkylation sites (tertiary alicyclic amines) is 1. The van der Waals surface area contributed by atoms with E-state index in [4.69, 9.17) is 0 Å². The Bertz CT molecular complexity index is 191. The van der Waals surface area contributed by atoms with Gasteiger partial charge in [-0.05, 0) is 57.5 Å². The maximum atomic E-state index is 9.57. The normalized spacial score (nSPS) is 28.1. The molecule has 0 spiro atoms. The van der Waals surface area contributed by atoms with Crippen molar-refractivity contribution in [2.75, 3.05) is 19.6 Å². The summed E-state index contributed by atoms with van der Waals surface area (Å²) in [5, 5.41) is 9.57. The Morgan fingerprint density at radius 1 is 1.06 bits per heavy atom. The Hall–Kier alpha value is -0.0800. The van der Waals surface area contributed by atoms with Gasteiger partial charge in [0.1, 0.15) is 0 Å². The van der Waals surface area contributed by atoms with Crippen LogP contribution < -0.4 is 0 Å². The molecule has 1 saturated carbocycles. The second-order valence-corrected chi connectivity index (χ2v) is 5.88. The number of hydrogen-bond acceptors (Lipinski definition) is 2. The number of piperidine rings is 1. The van der Waals surface area contributed by atoms with Crippen LogP contribution in [0.15, 0.2) is 0 Å². The van der Waals surface area contributed by atoms with Crippen molar-refractivity contribution in [3.8, 4) is 0 Å². The third-order valence-corrected chi connectivity index (χ3v) is 4.56. The summed E-state index contributed by atoms with van der Waals surface area (Å²) in [5.41, 5.74) is 0. The van der Waals surface area contributed by atoms with E-state index in [1.807, 2.05) is 6.92 Å². The first-order valence-electron chi connectivity index (χ1n) is 7.16. The second-order valence-electron chi connectivity index (χ2n) is 5.88. The predicted octanol–water partition coefficient (Wildman–Crippen LogP) is 2.66. The van der Waals surface area contributed by atoms with Crippen LogP contribution in [-0.4, -0.2) is 35.7 Å². The molecule has 0 radical (unpaired) electrons. The van der Waals surface area contributed by atoms with Crippen LogP contribution in [0.3, 0.4) is 0 Å². The van der Waals surface area contributed by atoms with Gasteiger partial charge in [-0.3, -0.25) is 0 Å². The molecule has 1 N–H and O–H groups in total. The Balaban J connectivity index is 1.68. The van der Waals surface area contributed by atoms with Crippen molar-refractivity contribution in [2.24, 2.45) is 11.8 Å². The summed E-state index contributed by atoms with van der Waals surface area (Å²) in [7, 11) is 0. The van der Waals surface area contributed by atoms with Gasteiger partial charge in [0.2, 0.25) is 0 Å². The average molecular weight is 225 g/mol. The van der Waals surface area contributed by atoms with Crippen LogP contribution in [-0.2, 0) is 0 Å². The number of aliphatic hydroxyl groups is 1. The highest BCUT2D eigenvalue weighted by molar-refractivity contribution is 4.78. The topological polar surface area (TPSA) is 23.5 Å². The standard InChI is InChI=1S/C14H27NO/c1-12(16)14-7-9-15(10-8-14)11-13-5-3-2-4-6-13/h12-14,16H,2-11H2,1H3. The van der Waals surface area contributed by atoms with Crippen molar-refractivity contribution in [3.63, 3.8) is 0 Å². The summed E-state index contributed by atoms with van der Waals surface area (Å²) >= 11 is 0. The van der Waals surface area contributed by atoms with Crippen molar-refractivity contribution >= 4 is 0 Å². The zero-order valence-corrected chi connectivity index (χ0v) is 10.7. The van der Waals surface area contributed by atoms with Crippen molar-refractivity contribution in [1.29, 1.82) is 0 Å². The van der Waals surface area contributed by atoms with Crippen LogP contribution in [0.4, 0.5) is 0 Å². The third-order valence-electron chi connectivity index (χ3n) is 4.56. The minimum absolute atomic E-state index is 0.100. The van der Waals surface area contributed by atoms with E-state index in [1.54, 1.807) is 0 Å². The molecule has 2 rings (SSSR count). The lowest BCUT2D eigenvalue weighted by Crippen LogP contribution is -2.39. The molecule has 2 aliphatic rings. The smallest absolute Gasteiger partial charge is 0.0541 e. The molecule has 1 aliphatic heterocycles. The van der Waals surface area contributed by atoms with E-state index in [-0.39, 0.29) is 6.10 Å². The van der Waals surface area contributed by atoms with Gasteiger partial charge in [0.05, 0.1) is 6.10 Å². The molecule has 1 saturated heterocycles. The van der Waals surface area contributed by atoms with Crippen LogP contribution in [0.5, 0.6) is 0 Å². The maximum Gasteiger partial charge on any atom is 0.0541 e. The summed E-state index contributed by atoms with van der Waals surface area (Å²) in [6.07, 6.45) is 9.57. The summed E-state index contributed by atoms with van der Waals surface area (Å²) in [4.78, 5) is 2.63. The van der Waals surface area contributed by atoms with Crippen LogP contribution in [0, 0.1) is 11.8 Å². The summed E-state index contributed by atoms with van der Waals surface area (Å²) in [5.74, 6) is 1.53. The van der Waals surface area contributed by atoms with E-state index in [1.165, 1.54) is 64.6 Å². The minimum atomic E-state index is -0.100. The fourth-order valence-corrected chi connectivity index (χ4v) is 3.35. The van der Waals surface area contributed by atoms with Crippen molar-refractivity contribution in [1.82, 2.24) is 4.90 Å². The first kappa shape index (κ1) is 12.4. The molecule has 0 bridgehead atoms. The molecule has 2 nitrogen and oxygen atoms in total. The Kier molecular flexibility index (Phi) is 4.66. The maximum absolute atomic E-state index is 9.57. The largest absolute Gasteiger partial charge is 0.393 e. The number of nitrogens with zero attached hydrogens (tertiary/aromatic N) is 1. The zero-order chi connectivity index (χ0) is 11.4.